The van der Waals surface area contributed by atoms with Crippen molar-refractivity contribution in [1.29, 1.82) is 0 Å². The molecule has 0 aliphatic carbocycles. The average molecular weight is 284 g/mol. The highest BCUT2D eigenvalue weighted by Crippen LogP contribution is 2.24. The number of rotatable bonds is 5. The van der Waals surface area contributed by atoms with Gasteiger partial charge in [-0.15, -0.1) is 0 Å². The first kappa shape index (κ1) is 14.7. The summed E-state index contributed by atoms with van der Waals surface area (Å²) in [5, 5.41) is 0. The van der Waals surface area contributed by atoms with Crippen LogP contribution in [-0.4, -0.2) is 20.2 Å². The molecule has 2 rings (SSSR count). The third kappa shape index (κ3) is 3.63. The van der Waals surface area contributed by atoms with Crippen LogP contribution in [0.2, 0.25) is 0 Å². The number of carbonyl (C=O) groups is 1. The van der Waals surface area contributed by atoms with Crippen LogP contribution in [0.5, 0.6) is 0 Å². The Bertz CT molecular complexity index is 650. The molecule has 0 bridgehead atoms. The molecule has 0 spiro atoms. The molecule has 0 aliphatic rings. The van der Waals surface area contributed by atoms with Crippen LogP contribution in [0.1, 0.15) is 16.9 Å². The molecule has 2 aromatic rings. The maximum atomic E-state index is 11.8. The van der Waals surface area contributed by atoms with E-state index >= 15 is 0 Å². The van der Waals surface area contributed by atoms with E-state index in [0.717, 1.165) is 11.1 Å². The molecule has 0 aliphatic heterocycles. The molecule has 0 saturated carbocycles. The number of methoxy groups -OCH3 is 2. The van der Waals surface area contributed by atoms with E-state index < -0.39 is 5.97 Å². The molecule has 0 fully saturated rings. The van der Waals surface area contributed by atoms with Crippen LogP contribution < -0.4 is 0 Å². The molecule has 108 valence electrons. The van der Waals surface area contributed by atoms with Gasteiger partial charge in [0.2, 0.25) is 0 Å². The third-order valence-electron chi connectivity index (χ3n) is 2.84. The zero-order valence-electron chi connectivity index (χ0n) is 11.9. The van der Waals surface area contributed by atoms with Crippen molar-refractivity contribution in [3.63, 3.8) is 0 Å². The Kier molecular flexibility index (Phi) is 4.99. The van der Waals surface area contributed by atoms with Crippen molar-refractivity contribution >= 4 is 23.7 Å². The number of furan rings is 1. The van der Waals surface area contributed by atoms with E-state index in [1.54, 1.807) is 6.07 Å². The molecule has 0 atom stereocenters. The van der Waals surface area contributed by atoms with Gasteiger partial charge < -0.3 is 13.9 Å². The molecular formula is C17H16O4. The minimum Gasteiger partial charge on any atom is -0.503 e. The number of hydrogen-bond donors (Lipinski definition) is 0. The predicted molar refractivity (Wildman–Crippen MR) is 81.1 cm³/mol. The lowest BCUT2D eigenvalue weighted by Gasteiger charge is -2.03. The van der Waals surface area contributed by atoms with Crippen LogP contribution in [0, 0.1) is 0 Å². The summed E-state index contributed by atoms with van der Waals surface area (Å²) in [7, 11) is 2.78. The van der Waals surface area contributed by atoms with Crippen LogP contribution in [0.4, 0.5) is 0 Å². The largest absolute Gasteiger partial charge is 0.503 e. The number of carbonyl (C=O) groups excluding carboxylic acids is 1. The molecule has 1 aromatic carbocycles. The van der Waals surface area contributed by atoms with Crippen LogP contribution in [0.25, 0.3) is 17.7 Å². The summed E-state index contributed by atoms with van der Waals surface area (Å²) in [6.45, 7) is 0. The van der Waals surface area contributed by atoms with E-state index in [9.17, 15) is 4.79 Å². The van der Waals surface area contributed by atoms with Gasteiger partial charge in [-0.05, 0) is 11.6 Å². The van der Waals surface area contributed by atoms with Gasteiger partial charge in [-0.2, -0.15) is 0 Å². The zero-order chi connectivity index (χ0) is 15.1. The van der Waals surface area contributed by atoms with Crippen LogP contribution >= 0.6 is 0 Å². The second-order valence-corrected chi connectivity index (χ2v) is 4.21. The summed E-state index contributed by atoms with van der Waals surface area (Å²) in [4.78, 5) is 11.8. The predicted octanol–water partition coefficient (Wildman–Crippen LogP) is 3.61. The lowest BCUT2D eigenvalue weighted by atomic mass is 10.1. The second kappa shape index (κ2) is 7.14. The molecule has 0 radical (unpaired) electrons. The number of hydrogen-bond acceptors (Lipinski definition) is 4. The van der Waals surface area contributed by atoms with E-state index in [1.165, 1.54) is 26.7 Å². The van der Waals surface area contributed by atoms with Crippen molar-refractivity contribution in [1.82, 2.24) is 0 Å². The van der Waals surface area contributed by atoms with Gasteiger partial charge in [0.05, 0.1) is 20.5 Å². The first-order valence-corrected chi connectivity index (χ1v) is 6.38. The smallest absolute Gasteiger partial charge is 0.344 e. The molecule has 4 heteroatoms. The Labute approximate surface area is 123 Å². The zero-order valence-corrected chi connectivity index (χ0v) is 11.9. The van der Waals surface area contributed by atoms with Crippen LogP contribution in [0.15, 0.2) is 53.3 Å². The van der Waals surface area contributed by atoms with Gasteiger partial charge >= 0.3 is 5.97 Å². The maximum Gasteiger partial charge on any atom is 0.344 e. The molecule has 4 nitrogen and oxygen atoms in total. The molecule has 0 N–H and O–H groups in total. The topological polar surface area (TPSA) is 48.7 Å². The van der Waals surface area contributed by atoms with Gasteiger partial charge in [0.15, 0.2) is 5.76 Å². The molecule has 0 unspecified atom stereocenters. The van der Waals surface area contributed by atoms with Crippen molar-refractivity contribution in [2.45, 2.75) is 0 Å². The number of ether oxygens (including phenoxy) is 2. The van der Waals surface area contributed by atoms with E-state index in [-0.39, 0.29) is 5.57 Å². The van der Waals surface area contributed by atoms with E-state index in [1.807, 2.05) is 42.5 Å². The Balaban J connectivity index is 2.32. The van der Waals surface area contributed by atoms with Crippen molar-refractivity contribution in [2.75, 3.05) is 14.2 Å². The van der Waals surface area contributed by atoms with Gasteiger partial charge in [0.1, 0.15) is 11.8 Å². The van der Waals surface area contributed by atoms with Gasteiger partial charge in [-0.25, -0.2) is 4.79 Å². The first-order valence-electron chi connectivity index (χ1n) is 6.38. The monoisotopic (exact) mass is 284 g/mol. The number of benzene rings is 1. The van der Waals surface area contributed by atoms with Crippen LogP contribution in [-0.2, 0) is 14.3 Å². The summed E-state index contributed by atoms with van der Waals surface area (Å²) < 4.78 is 15.0. The fraction of sp³-hybridized carbons (Fsp3) is 0.118. The summed E-state index contributed by atoms with van der Waals surface area (Å²) in [5.41, 5.74) is 2.06. The average Bonchev–Trinajstić information content (AvgIpc) is 2.99. The van der Waals surface area contributed by atoms with Gasteiger partial charge in [-0.1, -0.05) is 42.5 Å². The Morgan fingerprint density at radius 2 is 1.86 bits per heavy atom. The fourth-order valence-electron chi connectivity index (χ4n) is 1.84. The van der Waals surface area contributed by atoms with Crippen molar-refractivity contribution in [3.8, 4) is 0 Å². The van der Waals surface area contributed by atoms with Gasteiger partial charge in [-0.3, -0.25) is 0 Å². The lowest BCUT2D eigenvalue weighted by molar-refractivity contribution is -0.133. The molecular weight excluding hydrogens is 268 g/mol. The fourth-order valence-corrected chi connectivity index (χ4v) is 1.84. The maximum absolute atomic E-state index is 11.8. The summed E-state index contributed by atoms with van der Waals surface area (Å²) in [6.07, 6.45) is 6.65. The van der Waals surface area contributed by atoms with Gasteiger partial charge in [0, 0.05) is 5.56 Å². The highest BCUT2D eigenvalue weighted by atomic mass is 16.5. The Hall–Kier alpha value is -2.75. The van der Waals surface area contributed by atoms with E-state index in [4.69, 9.17) is 13.9 Å². The normalized spacial score (nSPS) is 11.6. The first-order chi connectivity index (χ1) is 10.3. The highest BCUT2D eigenvalue weighted by Gasteiger charge is 2.19. The summed E-state index contributed by atoms with van der Waals surface area (Å²) in [5.74, 6) is -0.1000. The molecule has 0 amide bonds. The Morgan fingerprint density at radius 1 is 1.10 bits per heavy atom. The van der Waals surface area contributed by atoms with Crippen molar-refractivity contribution in [2.24, 2.45) is 0 Å². The minimum absolute atomic E-state index is 0.234. The quantitative estimate of drug-likeness (QED) is 0.478. The molecule has 1 aromatic heterocycles. The molecule has 21 heavy (non-hydrogen) atoms. The standard InChI is InChI=1S/C17H16O4/c1-19-12-15(17(18)20-2)16-14(10-11-21-16)9-8-13-6-4-3-5-7-13/h3-12H,1-2H3/b9-8+,15-12+. The van der Waals surface area contributed by atoms with Crippen molar-refractivity contribution < 1.29 is 18.7 Å². The summed E-state index contributed by atoms with van der Waals surface area (Å²) in [6, 6.07) is 11.6. The lowest BCUT2D eigenvalue weighted by Crippen LogP contribution is -2.04. The third-order valence-corrected chi connectivity index (χ3v) is 2.84. The minimum atomic E-state index is -0.513. The number of esters is 1. The van der Waals surface area contributed by atoms with Crippen molar-refractivity contribution in [3.05, 3.63) is 65.8 Å². The molecule has 0 saturated heterocycles. The SMILES string of the molecule is CO/C=C(/C(=O)OC)c1occc1/C=C/c1ccccc1. The van der Waals surface area contributed by atoms with Gasteiger partial charge in [0.25, 0.3) is 0 Å². The Morgan fingerprint density at radius 3 is 2.52 bits per heavy atom. The van der Waals surface area contributed by atoms with E-state index in [0.29, 0.717) is 5.76 Å². The molecule has 1 heterocycles. The van der Waals surface area contributed by atoms with E-state index in [2.05, 4.69) is 0 Å². The highest BCUT2D eigenvalue weighted by molar-refractivity contribution is 6.16. The summed E-state index contributed by atoms with van der Waals surface area (Å²) >= 11 is 0. The second-order valence-electron chi connectivity index (χ2n) is 4.21. The van der Waals surface area contributed by atoms with Crippen LogP contribution in [0.3, 0.4) is 0 Å².